The van der Waals surface area contributed by atoms with Gasteiger partial charge in [0.2, 0.25) is 0 Å². The van der Waals surface area contributed by atoms with Crippen LogP contribution in [-0.2, 0) is 15.3 Å². The highest BCUT2D eigenvalue weighted by atomic mass is 32.2. The maximum absolute atomic E-state index is 13.0. The lowest BCUT2D eigenvalue weighted by Crippen LogP contribution is -2.40. The summed E-state index contributed by atoms with van der Waals surface area (Å²) in [4.78, 5) is 32.5. The number of hydrogen-bond donors (Lipinski definition) is 0. The first-order chi connectivity index (χ1) is 18.0. The maximum Gasteiger partial charge on any atom is 0.309 e. The summed E-state index contributed by atoms with van der Waals surface area (Å²) >= 11 is 4.66. The molecule has 1 aliphatic rings. The van der Waals surface area contributed by atoms with Crippen molar-refractivity contribution in [2.45, 2.75) is 37.6 Å². The third-order valence-electron chi connectivity index (χ3n) is 6.13. The number of carbonyl (C=O) groups excluding carboxylic acids is 2. The Hall–Kier alpha value is -3.02. The molecule has 1 amide bonds. The van der Waals surface area contributed by atoms with Crippen LogP contribution < -0.4 is 0 Å². The van der Waals surface area contributed by atoms with Crippen LogP contribution in [0.1, 0.15) is 40.8 Å². The summed E-state index contributed by atoms with van der Waals surface area (Å²) in [5.41, 5.74) is 2.63. The van der Waals surface area contributed by atoms with Crippen LogP contribution in [-0.4, -0.2) is 56.2 Å². The van der Waals surface area contributed by atoms with E-state index >= 15 is 0 Å². The van der Waals surface area contributed by atoms with Crippen LogP contribution in [0, 0.1) is 12.8 Å². The van der Waals surface area contributed by atoms with E-state index in [0.29, 0.717) is 44.0 Å². The molecule has 1 aliphatic heterocycles. The van der Waals surface area contributed by atoms with Crippen molar-refractivity contribution in [1.82, 2.24) is 24.6 Å². The predicted molar refractivity (Wildman–Crippen MR) is 146 cm³/mol. The standard InChI is InChI=1S/C26H27N5O3S3/c1-3-34-25(33)18-9-11-30(12-10-18)24(32)20-15-36-22(27-20)16-37-26-29-28-23(21-8-5-13-35-21)31(26)19-7-4-6-17(2)14-19/h4-8,13-15,18H,3,9-12,16H2,1-2H3. The average Bonchev–Trinajstić information content (AvgIpc) is 3.68. The van der Waals surface area contributed by atoms with E-state index in [2.05, 4.69) is 44.9 Å². The van der Waals surface area contributed by atoms with E-state index in [1.54, 1.807) is 28.0 Å². The van der Waals surface area contributed by atoms with Crippen LogP contribution in [0.4, 0.5) is 0 Å². The number of thiophene rings is 1. The molecule has 0 aliphatic carbocycles. The highest BCUT2D eigenvalue weighted by Gasteiger charge is 2.29. The van der Waals surface area contributed by atoms with Gasteiger partial charge < -0.3 is 9.64 Å². The fourth-order valence-corrected chi connectivity index (χ4v) is 6.71. The molecule has 0 bridgehead atoms. The Kier molecular flexibility index (Phi) is 8.02. The van der Waals surface area contributed by atoms with Crippen molar-refractivity contribution in [3.05, 3.63) is 63.4 Å². The summed E-state index contributed by atoms with van der Waals surface area (Å²) in [5.74, 6) is 1.01. The first kappa shape index (κ1) is 25.6. The lowest BCUT2D eigenvalue weighted by molar-refractivity contribution is -0.149. The second kappa shape index (κ2) is 11.6. The Morgan fingerprint density at radius 1 is 1.14 bits per heavy atom. The molecule has 0 N–H and O–H groups in total. The monoisotopic (exact) mass is 553 g/mol. The number of rotatable bonds is 8. The Morgan fingerprint density at radius 3 is 2.70 bits per heavy atom. The SMILES string of the molecule is CCOC(=O)C1CCN(C(=O)c2csc(CSc3nnc(-c4cccs4)n3-c3cccc(C)c3)n2)CC1. The van der Waals surface area contributed by atoms with E-state index in [1.807, 2.05) is 35.9 Å². The van der Waals surface area contributed by atoms with Gasteiger partial charge in [0.25, 0.3) is 5.91 Å². The maximum atomic E-state index is 13.0. The molecule has 4 heterocycles. The van der Waals surface area contributed by atoms with Crippen molar-refractivity contribution in [2.24, 2.45) is 5.92 Å². The predicted octanol–water partition coefficient (Wildman–Crippen LogP) is 5.47. The molecule has 5 rings (SSSR count). The minimum atomic E-state index is -0.164. The number of amides is 1. The van der Waals surface area contributed by atoms with Crippen molar-refractivity contribution in [3.63, 3.8) is 0 Å². The molecule has 0 saturated carbocycles. The first-order valence-corrected chi connectivity index (χ1v) is 14.9. The molecule has 0 atom stereocenters. The molecule has 0 spiro atoms. The Morgan fingerprint density at radius 2 is 1.97 bits per heavy atom. The smallest absolute Gasteiger partial charge is 0.309 e. The van der Waals surface area contributed by atoms with Crippen molar-refractivity contribution < 1.29 is 14.3 Å². The van der Waals surface area contributed by atoms with Crippen LogP contribution in [0.3, 0.4) is 0 Å². The average molecular weight is 554 g/mol. The molecule has 1 aromatic carbocycles. The van der Waals surface area contributed by atoms with Crippen molar-refractivity contribution >= 4 is 46.3 Å². The topological polar surface area (TPSA) is 90.2 Å². The fourth-order valence-electron chi connectivity index (χ4n) is 4.27. The molecule has 8 nitrogen and oxygen atoms in total. The largest absolute Gasteiger partial charge is 0.466 e. The highest BCUT2D eigenvalue weighted by Crippen LogP contribution is 2.32. The molecular formula is C26H27N5O3S3. The summed E-state index contributed by atoms with van der Waals surface area (Å²) in [6, 6.07) is 12.3. The number of ether oxygens (including phenoxy) is 1. The quantitative estimate of drug-likeness (QED) is 0.211. The van der Waals surface area contributed by atoms with Crippen molar-refractivity contribution in [1.29, 1.82) is 0 Å². The van der Waals surface area contributed by atoms with Crippen LogP contribution >= 0.6 is 34.4 Å². The minimum Gasteiger partial charge on any atom is -0.466 e. The van der Waals surface area contributed by atoms with E-state index in [1.165, 1.54) is 11.3 Å². The number of likely N-dealkylation sites (tertiary alicyclic amines) is 1. The molecule has 1 fully saturated rings. The van der Waals surface area contributed by atoms with Gasteiger partial charge in [0.05, 0.1) is 28.8 Å². The molecule has 0 radical (unpaired) electrons. The molecular weight excluding hydrogens is 527 g/mol. The van der Waals surface area contributed by atoms with E-state index < -0.39 is 0 Å². The minimum absolute atomic E-state index is 0.0854. The number of aromatic nitrogens is 4. The molecule has 0 unspecified atom stereocenters. The third kappa shape index (κ3) is 5.78. The normalized spacial score (nSPS) is 14.2. The van der Waals surface area contributed by atoms with Gasteiger partial charge in [-0.3, -0.25) is 14.2 Å². The Bertz CT molecular complexity index is 1370. The summed E-state index contributed by atoms with van der Waals surface area (Å²) in [6.45, 7) is 5.33. The van der Waals surface area contributed by atoms with Crippen LogP contribution in [0.2, 0.25) is 0 Å². The van der Waals surface area contributed by atoms with Gasteiger partial charge in [-0.2, -0.15) is 0 Å². The first-order valence-electron chi connectivity index (χ1n) is 12.1. The number of benzene rings is 1. The van der Waals surface area contributed by atoms with Gasteiger partial charge >= 0.3 is 5.97 Å². The van der Waals surface area contributed by atoms with Gasteiger partial charge in [-0.05, 0) is 55.8 Å². The second-order valence-corrected chi connectivity index (χ2v) is 11.5. The summed E-state index contributed by atoms with van der Waals surface area (Å²) < 4.78 is 7.21. The molecule has 37 heavy (non-hydrogen) atoms. The van der Waals surface area contributed by atoms with Crippen molar-refractivity contribution in [2.75, 3.05) is 19.7 Å². The van der Waals surface area contributed by atoms with Gasteiger partial charge in [-0.15, -0.1) is 32.9 Å². The lowest BCUT2D eigenvalue weighted by atomic mass is 9.97. The number of hydrogen-bond acceptors (Lipinski definition) is 9. The Balaban J connectivity index is 1.27. The lowest BCUT2D eigenvalue weighted by Gasteiger charge is -2.30. The van der Waals surface area contributed by atoms with E-state index in [-0.39, 0.29) is 17.8 Å². The molecule has 1 saturated heterocycles. The van der Waals surface area contributed by atoms with Crippen LogP contribution in [0.25, 0.3) is 16.4 Å². The van der Waals surface area contributed by atoms with Crippen molar-refractivity contribution in [3.8, 4) is 16.4 Å². The van der Waals surface area contributed by atoms with E-state index in [9.17, 15) is 9.59 Å². The van der Waals surface area contributed by atoms with E-state index in [4.69, 9.17) is 4.74 Å². The number of aryl methyl sites for hydroxylation is 1. The van der Waals surface area contributed by atoms with Crippen LogP contribution in [0.5, 0.6) is 0 Å². The second-order valence-electron chi connectivity index (χ2n) is 8.69. The fraction of sp³-hybridized carbons (Fsp3) is 0.346. The summed E-state index contributed by atoms with van der Waals surface area (Å²) in [7, 11) is 0. The van der Waals surface area contributed by atoms with Gasteiger partial charge in [0.15, 0.2) is 11.0 Å². The number of esters is 1. The van der Waals surface area contributed by atoms with Crippen LogP contribution in [0.15, 0.2) is 52.3 Å². The highest BCUT2D eigenvalue weighted by molar-refractivity contribution is 7.98. The number of piperidine rings is 1. The zero-order valence-corrected chi connectivity index (χ0v) is 23.1. The number of nitrogens with zero attached hydrogens (tertiary/aromatic N) is 5. The van der Waals surface area contributed by atoms with E-state index in [0.717, 1.165) is 32.1 Å². The summed E-state index contributed by atoms with van der Waals surface area (Å²) in [5, 5.41) is 14.5. The zero-order chi connectivity index (χ0) is 25.8. The molecule has 4 aromatic rings. The van der Waals surface area contributed by atoms with Gasteiger partial charge in [-0.1, -0.05) is 30.0 Å². The number of thiazole rings is 1. The molecule has 192 valence electrons. The number of carbonyl (C=O) groups is 2. The van der Waals surface area contributed by atoms with Gasteiger partial charge in [-0.25, -0.2) is 4.98 Å². The molecule has 3 aromatic heterocycles. The van der Waals surface area contributed by atoms with Gasteiger partial charge in [0.1, 0.15) is 10.7 Å². The Labute approximate surface area is 227 Å². The summed E-state index contributed by atoms with van der Waals surface area (Å²) in [6.07, 6.45) is 1.25. The zero-order valence-electron chi connectivity index (χ0n) is 20.6. The number of thioether (sulfide) groups is 1. The van der Waals surface area contributed by atoms with Gasteiger partial charge in [0, 0.05) is 18.5 Å². The third-order valence-corrected chi connectivity index (χ3v) is 8.97. The molecule has 11 heteroatoms.